The molecule has 6 aromatic carbocycles. The molecule has 8 heteroatoms. The molecular weight excluding hydrogens is 611 g/mol. The van der Waals surface area contributed by atoms with Gasteiger partial charge in [-0.2, -0.15) is 30.0 Å². The van der Waals surface area contributed by atoms with Gasteiger partial charge in [-0.1, -0.05) is 126 Å². The average Bonchev–Trinajstić information content (AvgIpc) is 3.73. The third-order valence-electron chi connectivity index (χ3n) is 8.40. The van der Waals surface area contributed by atoms with E-state index >= 15 is 0 Å². The Hall–Kier alpha value is -5.30. The largest absolute Gasteiger partial charge is 0.172 e. The number of hydrogen-bond donors (Lipinski definition) is 0. The summed E-state index contributed by atoms with van der Waals surface area (Å²) in [7, 11) is 0. The summed E-state index contributed by atoms with van der Waals surface area (Å²) in [6.07, 6.45) is 0. The minimum Gasteiger partial charge on any atom is -0.172 e. The molecule has 0 bridgehead atoms. The molecule has 222 valence electrons. The van der Waals surface area contributed by atoms with Crippen LogP contribution in [0.25, 0.3) is 22.1 Å². The highest BCUT2D eigenvalue weighted by Crippen LogP contribution is 2.41. The van der Waals surface area contributed by atoms with E-state index in [0.717, 1.165) is 49.9 Å². The van der Waals surface area contributed by atoms with Crippen LogP contribution >= 0.6 is 23.2 Å². The van der Waals surface area contributed by atoms with Gasteiger partial charge in [-0.15, -0.1) is 0 Å². The van der Waals surface area contributed by atoms with Gasteiger partial charge in [0.25, 0.3) is 0 Å². The molecule has 2 atom stereocenters. The van der Waals surface area contributed by atoms with Gasteiger partial charge in [0.05, 0.1) is 0 Å². The summed E-state index contributed by atoms with van der Waals surface area (Å²) < 4.78 is 0. The van der Waals surface area contributed by atoms with Gasteiger partial charge in [0.15, 0.2) is 5.54 Å². The van der Waals surface area contributed by atoms with Crippen LogP contribution in [-0.4, -0.2) is 30.0 Å². The van der Waals surface area contributed by atoms with Crippen molar-refractivity contribution in [3.8, 4) is 0 Å². The van der Waals surface area contributed by atoms with Crippen LogP contribution in [0.1, 0.15) is 33.9 Å². The van der Waals surface area contributed by atoms with E-state index in [0.29, 0.717) is 10.0 Å². The average molecular weight is 638 g/mol. The summed E-state index contributed by atoms with van der Waals surface area (Å²) in [6, 6.07) is 50.2. The van der Waals surface area contributed by atoms with Gasteiger partial charge >= 0.3 is 0 Å². The van der Waals surface area contributed by atoms with Crippen LogP contribution in [-0.2, 0) is 5.54 Å². The molecule has 0 spiro atoms. The zero-order chi connectivity index (χ0) is 31.1. The molecule has 0 N–H and O–H groups in total. The Labute approximate surface area is 275 Å². The van der Waals surface area contributed by atoms with Crippen LogP contribution in [0.2, 0.25) is 10.0 Å². The topological polar surface area (TPSA) is 61.4 Å². The van der Waals surface area contributed by atoms with Crippen LogP contribution < -0.4 is 0 Å². The first-order valence-electron chi connectivity index (χ1n) is 14.9. The zero-order valence-corrected chi connectivity index (χ0v) is 26.0. The van der Waals surface area contributed by atoms with Crippen molar-refractivity contribution in [2.45, 2.75) is 11.6 Å². The number of fused-ring (bicyclic) bond motifs is 2. The Morgan fingerprint density at radius 1 is 0.413 bits per heavy atom. The molecule has 0 amide bonds. The van der Waals surface area contributed by atoms with Crippen molar-refractivity contribution >= 4 is 45.3 Å². The Balaban J connectivity index is 1.35. The Bertz CT molecular complexity index is 2210. The molecule has 0 saturated heterocycles. The molecule has 0 radical (unpaired) electrons. The quantitative estimate of drug-likeness (QED) is 0.164. The second kappa shape index (κ2) is 11.6. The second-order valence-corrected chi connectivity index (χ2v) is 12.0. The van der Waals surface area contributed by atoms with Gasteiger partial charge in [-0.25, -0.2) is 0 Å². The molecule has 6 nitrogen and oxygen atoms in total. The van der Waals surface area contributed by atoms with Crippen molar-refractivity contribution in [3.05, 3.63) is 190 Å². The van der Waals surface area contributed by atoms with Gasteiger partial charge in [-0.05, 0) is 76.3 Å². The predicted molar refractivity (Wildman–Crippen MR) is 183 cm³/mol. The molecule has 2 heterocycles. The lowest BCUT2D eigenvalue weighted by Gasteiger charge is -2.35. The SMILES string of the molecule is Clc1ccc(C(c2ccc(C(c3ccccc3)(c3ccc(Cl)cc3)n3nc4ccccc4n3)cc2)n2nc3ccccc3n2)cc1. The fourth-order valence-electron chi connectivity index (χ4n) is 6.23. The van der Waals surface area contributed by atoms with Crippen LogP contribution in [0.3, 0.4) is 0 Å². The molecule has 8 rings (SSSR count). The normalized spacial score (nSPS) is 13.5. The maximum Gasteiger partial charge on any atom is 0.157 e. The maximum absolute atomic E-state index is 6.41. The third kappa shape index (κ3) is 4.83. The highest BCUT2D eigenvalue weighted by molar-refractivity contribution is 6.30. The number of benzene rings is 6. The molecule has 2 aromatic heterocycles. The number of aromatic nitrogens is 6. The molecule has 0 aliphatic carbocycles. The monoisotopic (exact) mass is 636 g/mol. The standard InChI is InChI=1S/C38H26Cl2N6/c39-31-22-16-27(17-23-31)37(45-41-33-10-4-5-11-34(33)42-45)26-14-18-29(19-15-26)38(28-8-2-1-3-9-28,30-20-24-32(40)25-21-30)46-43-35-12-6-7-13-36(35)44-46/h1-25,37H. The smallest absolute Gasteiger partial charge is 0.157 e. The van der Waals surface area contributed by atoms with Gasteiger partial charge < -0.3 is 0 Å². The van der Waals surface area contributed by atoms with E-state index in [9.17, 15) is 0 Å². The Kier molecular flexibility index (Phi) is 7.09. The number of halogens is 2. The van der Waals surface area contributed by atoms with E-state index in [4.69, 9.17) is 43.6 Å². The third-order valence-corrected chi connectivity index (χ3v) is 8.91. The summed E-state index contributed by atoms with van der Waals surface area (Å²) in [5, 5.41) is 21.2. The minimum atomic E-state index is -0.905. The summed E-state index contributed by atoms with van der Waals surface area (Å²) in [5.74, 6) is 0. The Morgan fingerprint density at radius 3 is 1.28 bits per heavy atom. The molecule has 0 fully saturated rings. The van der Waals surface area contributed by atoms with Gasteiger partial charge in [0.1, 0.15) is 28.1 Å². The fraction of sp³-hybridized carbons (Fsp3) is 0.0526. The molecule has 0 saturated carbocycles. The maximum atomic E-state index is 6.41. The number of rotatable bonds is 7. The lowest BCUT2D eigenvalue weighted by atomic mass is 9.77. The van der Waals surface area contributed by atoms with Gasteiger partial charge in [-0.3, -0.25) is 0 Å². The van der Waals surface area contributed by atoms with E-state index in [1.165, 1.54) is 0 Å². The lowest BCUT2D eigenvalue weighted by Crippen LogP contribution is -2.39. The van der Waals surface area contributed by atoms with Crippen molar-refractivity contribution in [3.63, 3.8) is 0 Å². The van der Waals surface area contributed by atoms with E-state index in [2.05, 4.69) is 36.4 Å². The fourth-order valence-corrected chi connectivity index (χ4v) is 6.48. The van der Waals surface area contributed by atoms with Crippen molar-refractivity contribution in [1.29, 1.82) is 0 Å². The van der Waals surface area contributed by atoms with E-state index in [-0.39, 0.29) is 6.04 Å². The molecule has 46 heavy (non-hydrogen) atoms. The minimum absolute atomic E-state index is 0.286. The highest BCUT2D eigenvalue weighted by atomic mass is 35.5. The first-order valence-corrected chi connectivity index (χ1v) is 15.7. The summed E-state index contributed by atoms with van der Waals surface area (Å²) in [6.45, 7) is 0. The molecule has 2 unspecified atom stereocenters. The van der Waals surface area contributed by atoms with Crippen LogP contribution in [0.15, 0.2) is 152 Å². The van der Waals surface area contributed by atoms with E-state index in [1.807, 2.05) is 120 Å². The van der Waals surface area contributed by atoms with Crippen LogP contribution in [0, 0.1) is 0 Å². The molecule has 0 aliphatic rings. The zero-order valence-electron chi connectivity index (χ0n) is 24.5. The van der Waals surface area contributed by atoms with Crippen molar-refractivity contribution < 1.29 is 0 Å². The van der Waals surface area contributed by atoms with Crippen LogP contribution in [0.5, 0.6) is 0 Å². The van der Waals surface area contributed by atoms with Gasteiger partial charge in [0, 0.05) is 10.0 Å². The first-order chi connectivity index (χ1) is 22.6. The second-order valence-electron chi connectivity index (χ2n) is 11.1. The van der Waals surface area contributed by atoms with Crippen molar-refractivity contribution in [2.24, 2.45) is 0 Å². The molecular formula is C38H26Cl2N6. The van der Waals surface area contributed by atoms with Crippen LogP contribution in [0.4, 0.5) is 0 Å². The van der Waals surface area contributed by atoms with Gasteiger partial charge in [0.2, 0.25) is 0 Å². The van der Waals surface area contributed by atoms with Crippen molar-refractivity contribution in [2.75, 3.05) is 0 Å². The summed E-state index contributed by atoms with van der Waals surface area (Å²) in [4.78, 5) is 3.62. The summed E-state index contributed by atoms with van der Waals surface area (Å²) in [5.41, 5.74) is 7.40. The van der Waals surface area contributed by atoms with E-state index in [1.54, 1.807) is 4.80 Å². The molecule has 8 aromatic rings. The summed E-state index contributed by atoms with van der Waals surface area (Å²) >= 11 is 12.7. The highest BCUT2D eigenvalue weighted by Gasteiger charge is 2.41. The predicted octanol–water partition coefficient (Wildman–Crippen LogP) is 8.96. The number of nitrogens with zero attached hydrogens (tertiary/aromatic N) is 6. The number of hydrogen-bond acceptors (Lipinski definition) is 4. The Morgan fingerprint density at radius 2 is 0.783 bits per heavy atom. The lowest BCUT2D eigenvalue weighted by molar-refractivity contribution is 0.409. The first kappa shape index (κ1) is 28.2. The van der Waals surface area contributed by atoms with Crippen molar-refractivity contribution in [1.82, 2.24) is 30.0 Å². The molecule has 0 aliphatic heterocycles. The van der Waals surface area contributed by atoms with E-state index < -0.39 is 5.54 Å².